The van der Waals surface area contributed by atoms with Crippen molar-refractivity contribution in [1.29, 1.82) is 0 Å². The lowest BCUT2D eigenvalue weighted by Gasteiger charge is -2.25. The summed E-state index contributed by atoms with van der Waals surface area (Å²) in [6.45, 7) is 0. The summed E-state index contributed by atoms with van der Waals surface area (Å²) in [5.41, 5.74) is -0.467. The summed E-state index contributed by atoms with van der Waals surface area (Å²) < 4.78 is 0. The molecule has 0 radical (unpaired) electrons. The van der Waals surface area contributed by atoms with Crippen LogP contribution in [0, 0.1) is 10.1 Å². The molecule has 0 spiro atoms. The number of carboxylic acid groups (broad SMARTS) is 1. The van der Waals surface area contributed by atoms with E-state index in [1.807, 2.05) is 0 Å². The van der Waals surface area contributed by atoms with Gasteiger partial charge in [-0.25, -0.2) is 4.79 Å². The number of amides is 1. The average molecular weight is 460 g/mol. The highest BCUT2D eigenvalue weighted by molar-refractivity contribution is 6.51. The van der Waals surface area contributed by atoms with Gasteiger partial charge in [0.15, 0.2) is 0 Å². The normalized spacial score (nSPS) is 17.1. The molecule has 0 saturated carbocycles. The van der Waals surface area contributed by atoms with E-state index in [-0.39, 0.29) is 28.1 Å². The topological polar surface area (TPSA) is 158 Å². The van der Waals surface area contributed by atoms with Gasteiger partial charge in [0.1, 0.15) is 17.1 Å². The monoisotopic (exact) mass is 460 g/mol. The molecular formula is C24H16N2O8. The molecule has 0 aliphatic carbocycles. The quantitative estimate of drug-likeness (QED) is 0.171. The van der Waals surface area contributed by atoms with Crippen molar-refractivity contribution >= 4 is 34.8 Å². The van der Waals surface area contributed by atoms with Crippen LogP contribution < -0.4 is 4.90 Å². The van der Waals surface area contributed by atoms with Crippen molar-refractivity contribution < 1.29 is 34.6 Å². The zero-order valence-corrected chi connectivity index (χ0v) is 17.3. The van der Waals surface area contributed by atoms with Gasteiger partial charge in [0.2, 0.25) is 0 Å². The van der Waals surface area contributed by atoms with E-state index in [2.05, 4.69) is 0 Å². The third kappa shape index (κ3) is 3.73. The number of anilines is 1. The molecule has 1 aliphatic rings. The molecule has 3 aromatic carbocycles. The van der Waals surface area contributed by atoms with Gasteiger partial charge in [0.25, 0.3) is 17.4 Å². The van der Waals surface area contributed by atoms with Gasteiger partial charge >= 0.3 is 5.97 Å². The first-order chi connectivity index (χ1) is 16.2. The summed E-state index contributed by atoms with van der Waals surface area (Å²) in [7, 11) is 0. The van der Waals surface area contributed by atoms with Gasteiger partial charge in [-0.3, -0.25) is 24.6 Å². The molecule has 3 N–H and O–H groups in total. The number of hydrogen-bond acceptors (Lipinski definition) is 7. The van der Waals surface area contributed by atoms with Crippen molar-refractivity contribution in [3.8, 4) is 5.75 Å². The van der Waals surface area contributed by atoms with Crippen LogP contribution in [-0.2, 0) is 9.59 Å². The van der Waals surface area contributed by atoms with E-state index < -0.39 is 45.7 Å². The van der Waals surface area contributed by atoms with Crippen LogP contribution in [0.5, 0.6) is 5.75 Å². The molecule has 1 amide bonds. The van der Waals surface area contributed by atoms with E-state index in [1.54, 1.807) is 30.3 Å². The zero-order valence-electron chi connectivity index (χ0n) is 17.3. The number of Topliss-reactive ketones (excluding diaryl/α,β-unsaturated/α-hetero) is 1. The first-order valence-electron chi connectivity index (χ1n) is 9.87. The third-order valence-corrected chi connectivity index (χ3v) is 5.40. The Morgan fingerprint density at radius 1 is 0.941 bits per heavy atom. The summed E-state index contributed by atoms with van der Waals surface area (Å²) in [4.78, 5) is 49.1. The van der Waals surface area contributed by atoms with Crippen molar-refractivity contribution in [3.63, 3.8) is 0 Å². The lowest BCUT2D eigenvalue weighted by atomic mass is 9.95. The SMILES string of the molecule is O=C1C(=O)N(c2ccc(O)c(C(=O)O)c2)[C@H](c2ccc([N+](=O)[O-])cc2)/C1=C(/O)c1ccccc1. The van der Waals surface area contributed by atoms with Crippen LogP contribution in [0.3, 0.4) is 0 Å². The Labute approximate surface area is 191 Å². The third-order valence-electron chi connectivity index (χ3n) is 5.40. The van der Waals surface area contributed by atoms with E-state index in [9.17, 15) is 39.8 Å². The second-order valence-electron chi connectivity index (χ2n) is 7.39. The lowest BCUT2D eigenvalue weighted by Crippen LogP contribution is -2.29. The molecule has 1 atom stereocenters. The number of carboxylic acids is 1. The Morgan fingerprint density at radius 3 is 2.18 bits per heavy atom. The molecule has 0 bridgehead atoms. The predicted molar refractivity (Wildman–Crippen MR) is 119 cm³/mol. The molecule has 0 unspecified atom stereocenters. The van der Waals surface area contributed by atoms with Crippen molar-refractivity contribution in [2.24, 2.45) is 0 Å². The fourth-order valence-corrected chi connectivity index (χ4v) is 3.79. The molecule has 10 heteroatoms. The number of aliphatic hydroxyl groups is 1. The van der Waals surface area contributed by atoms with Crippen molar-refractivity contribution in [2.45, 2.75) is 6.04 Å². The summed E-state index contributed by atoms with van der Waals surface area (Å²) in [6.07, 6.45) is 0. The van der Waals surface area contributed by atoms with Gasteiger partial charge in [-0.2, -0.15) is 0 Å². The summed E-state index contributed by atoms with van der Waals surface area (Å²) in [5.74, 6) is -4.50. The minimum absolute atomic E-state index is 0.0206. The van der Waals surface area contributed by atoms with Crippen LogP contribution in [-0.4, -0.2) is 37.9 Å². The van der Waals surface area contributed by atoms with Crippen LogP contribution in [0.2, 0.25) is 0 Å². The minimum atomic E-state index is -1.45. The van der Waals surface area contributed by atoms with Crippen LogP contribution in [0.25, 0.3) is 5.76 Å². The maximum atomic E-state index is 13.1. The number of phenols is 1. The van der Waals surface area contributed by atoms with E-state index in [4.69, 9.17) is 0 Å². The highest BCUT2D eigenvalue weighted by atomic mass is 16.6. The number of nitro benzene ring substituents is 1. The number of aliphatic hydroxyl groups excluding tert-OH is 1. The first-order valence-corrected chi connectivity index (χ1v) is 9.87. The number of non-ortho nitro benzene ring substituents is 1. The molecule has 170 valence electrons. The molecule has 1 heterocycles. The van der Waals surface area contributed by atoms with E-state index in [1.165, 1.54) is 30.3 Å². The maximum absolute atomic E-state index is 13.1. The smallest absolute Gasteiger partial charge is 0.339 e. The van der Waals surface area contributed by atoms with Crippen molar-refractivity contribution in [1.82, 2.24) is 0 Å². The van der Waals surface area contributed by atoms with E-state index in [0.717, 1.165) is 17.0 Å². The highest BCUT2D eigenvalue weighted by Crippen LogP contribution is 2.43. The number of nitro groups is 1. The average Bonchev–Trinajstić information content (AvgIpc) is 3.10. The number of aromatic carboxylic acids is 1. The Morgan fingerprint density at radius 2 is 1.59 bits per heavy atom. The van der Waals surface area contributed by atoms with Crippen molar-refractivity contribution in [3.05, 3.63) is 105 Å². The fourth-order valence-electron chi connectivity index (χ4n) is 3.79. The number of nitrogens with zero attached hydrogens (tertiary/aromatic N) is 2. The Bertz CT molecular complexity index is 1360. The first kappa shape index (κ1) is 22.2. The van der Waals surface area contributed by atoms with Gasteiger partial charge in [-0.15, -0.1) is 0 Å². The molecule has 1 saturated heterocycles. The number of hydrogen-bond donors (Lipinski definition) is 3. The Kier molecular flexibility index (Phi) is 5.56. The number of aromatic hydroxyl groups is 1. The Hall–Kier alpha value is -4.99. The molecule has 1 fully saturated rings. The predicted octanol–water partition coefficient (Wildman–Crippen LogP) is 3.62. The van der Waals surface area contributed by atoms with Crippen LogP contribution in [0.4, 0.5) is 11.4 Å². The van der Waals surface area contributed by atoms with Gasteiger partial charge in [-0.1, -0.05) is 30.3 Å². The minimum Gasteiger partial charge on any atom is -0.507 e. The number of carbonyl (C=O) groups is 3. The van der Waals surface area contributed by atoms with E-state index >= 15 is 0 Å². The number of carbonyl (C=O) groups excluding carboxylic acids is 2. The second kappa shape index (κ2) is 8.51. The number of benzene rings is 3. The maximum Gasteiger partial charge on any atom is 0.339 e. The number of ketones is 1. The molecule has 3 aromatic rings. The summed E-state index contributed by atoms with van der Waals surface area (Å²) in [6, 6.07) is 15.3. The largest absolute Gasteiger partial charge is 0.507 e. The molecule has 34 heavy (non-hydrogen) atoms. The molecule has 4 rings (SSSR count). The zero-order chi connectivity index (χ0) is 24.6. The lowest BCUT2D eigenvalue weighted by molar-refractivity contribution is -0.384. The summed E-state index contributed by atoms with van der Waals surface area (Å²) >= 11 is 0. The Balaban J connectivity index is 1.96. The fraction of sp³-hybridized carbons (Fsp3) is 0.0417. The van der Waals surface area contributed by atoms with Gasteiger partial charge in [-0.05, 0) is 35.9 Å². The van der Waals surface area contributed by atoms with Crippen molar-refractivity contribution in [2.75, 3.05) is 4.90 Å². The number of rotatable bonds is 5. The molecule has 1 aliphatic heterocycles. The van der Waals surface area contributed by atoms with Gasteiger partial charge in [0, 0.05) is 23.4 Å². The highest BCUT2D eigenvalue weighted by Gasteiger charge is 2.47. The van der Waals surface area contributed by atoms with Crippen LogP contribution in [0.1, 0.15) is 27.5 Å². The second-order valence-corrected chi connectivity index (χ2v) is 7.39. The van der Waals surface area contributed by atoms with Gasteiger partial charge < -0.3 is 15.3 Å². The molecular weight excluding hydrogens is 444 g/mol. The molecule has 0 aromatic heterocycles. The summed E-state index contributed by atoms with van der Waals surface area (Å²) in [5, 5.41) is 41.3. The molecule has 10 nitrogen and oxygen atoms in total. The van der Waals surface area contributed by atoms with Gasteiger partial charge in [0.05, 0.1) is 16.5 Å². The van der Waals surface area contributed by atoms with Crippen LogP contribution in [0.15, 0.2) is 78.4 Å². The standard InChI is InChI=1S/C24H16N2O8/c27-18-11-10-16(12-17(18)24(31)32)25-20(13-6-8-15(9-7-13)26(33)34)19(22(29)23(25)30)21(28)14-4-2-1-3-5-14/h1-12,20,27-28H,(H,31,32)/b21-19-/t20-/m1/s1. The van der Waals surface area contributed by atoms with Crippen LogP contribution >= 0.6 is 0 Å². The van der Waals surface area contributed by atoms with E-state index in [0.29, 0.717) is 0 Å².